The molecule has 1 spiro atoms. The van der Waals surface area contributed by atoms with Crippen molar-refractivity contribution in [2.24, 2.45) is 10.8 Å². The van der Waals surface area contributed by atoms with Gasteiger partial charge in [0.15, 0.2) is 0 Å². The van der Waals surface area contributed by atoms with E-state index in [9.17, 15) is 18.0 Å². The van der Waals surface area contributed by atoms with Gasteiger partial charge < -0.3 is 20.2 Å². The minimum absolute atomic E-state index is 0.0461. The summed E-state index contributed by atoms with van der Waals surface area (Å²) in [6.45, 7) is 7.46. The maximum Gasteiger partial charge on any atom is 0.257 e. The van der Waals surface area contributed by atoms with Crippen LogP contribution >= 0.6 is 0 Å². The Balaban J connectivity index is 1.41. The Bertz CT molecular complexity index is 1380. The molecule has 3 N–H and O–H groups in total. The van der Waals surface area contributed by atoms with Crippen LogP contribution in [0.25, 0.3) is 0 Å². The molecule has 3 aliphatic rings. The number of rotatable bonds is 7. The number of nitrogens with one attached hydrogen (secondary N) is 2. The molecule has 210 valence electrons. The van der Waals surface area contributed by atoms with Crippen LogP contribution in [0.4, 0.5) is 22.7 Å². The molecule has 0 atom stereocenters. The van der Waals surface area contributed by atoms with Crippen LogP contribution in [0.1, 0.15) is 62.4 Å². The van der Waals surface area contributed by atoms with Gasteiger partial charge in [0.2, 0.25) is 15.9 Å². The fourth-order valence-electron chi connectivity index (χ4n) is 5.57. The highest BCUT2D eigenvalue weighted by molar-refractivity contribution is 7.92. The van der Waals surface area contributed by atoms with Gasteiger partial charge in [-0.15, -0.1) is 0 Å². The van der Waals surface area contributed by atoms with E-state index in [-0.39, 0.29) is 11.8 Å². The summed E-state index contributed by atoms with van der Waals surface area (Å²) in [4.78, 5) is 30.6. The molecule has 1 saturated heterocycles. The van der Waals surface area contributed by atoms with E-state index in [4.69, 9.17) is 5.11 Å². The fourth-order valence-corrected chi connectivity index (χ4v) is 6.40. The van der Waals surface area contributed by atoms with Gasteiger partial charge in [-0.2, -0.15) is 0 Å². The van der Waals surface area contributed by atoms with Crippen molar-refractivity contribution in [3.63, 3.8) is 0 Å². The molecule has 2 aliphatic heterocycles. The zero-order valence-electron chi connectivity index (χ0n) is 22.9. The summed E-state index contributed by atoms with van der Waals surface area (Å²) in [6.07, 6.45) is 5.39. The second-order valence-electron chi connectivity index (χ2n) is 12.1. The van der Waals surface area contributed by atoms with Crippen molar-refractivity contribution in [2.75, 3.05) is 51.8 Å². The topological polar surface area (TPSA) is 119 Å². The molecule has 0 unspecified atom stereocenters. The van der Waals surface area contributed by atoms with Crippen molar-refractivity contribution in [3.05, 3.63) is 47.5 Å². The standard InChI is InChI=1S/C29H38N4O5S/c1-28(2,3)27(36)33-13-8-20-4-5-21(18-24(20)33)30-26(35)23-7-6-22(31-39(37,38)17-16-34)19-25(23)32-14-11-29(9-10-29)12-15-32/h4-7,18-19,31,34H,8-17H2,1-3H3,(H,30,35). The number of carbonyl (C=O) groups excluding carboxylic acids is 2. The van der Waals surface area contributed by atoms with Gasteiger partial charge in [0.1, 0.15) is 0 Å². The molecule has 2 amide bonds. The largest absolute Gasteiger partial charge is 0.395 e. The minimum atomic E-state index is -3.70. The van der Waals surface area contributed by atoms with Crippen LogP contribution in [0.2, 0.25) is 0 Å². The van der Waals surface area contributed by atoms with Crippen LogP contribution in [0.3, 0.4) is 0 Å². The van der Waals surface area contributed by atoms with Gasteiger partial charge >= 0.3 is 0 Å². The number of fused-ring (bicyclic) bond motifs is 1. The van der Waals surface area contributed by atoms with E-state index in [2.05, 4.69) is 14.9 Å². The molecule has 1 aliphatic carbocycles. The highest BCUT2D eigenvalue weighted by Gasteiger charge is 2.44. The van der Waals surface area contributed by atoms with Crippen molar-refractivity contribution in [2.45, 2.75) is 52.9 Å². The number of hydrogen-bond donors (Lipinski definition) is 3. The first-order valence-corrected chi connectivity index (χ1v) is 15.3. The molecule has 0 bridgehead atoms. The normalized spacial score (nSPS) is 18.2. The number of carbonyl (C=O) groups is 2. The summed E-state index contributed by atoms with van der Waals surface area (Å²) in [6, 6.07) is 10.6. The summed E-state index contributed by atoms with van der Waals surface area (Å²) >= 11 is 0. The van der Waals surface area contributed by atoms with Crippen LogP contribution in [0.5, 0.6) is 0 Å². The van der Waals surface area contributed by atoms with Crippen molar-refractivity contribution >= 4 is 44.6 Å². The lowest BCUT2D eigenvalue weighted by Crippen LogP contribution is -2.38. The Labute approximate surface area is 230 Å². The van der Waals surface area contributed by atoms with Crippen LogP contribution in [-0.2, 0) is 21.2 Å². The molecule has 2 heterocycles. The third-order valence-electron chi connectivity index (χ3n) is 8.12. The van der Waals surface area contributed by atoms with Crippen LogP contribution < -0.4 is 19.8 Å². The number of amides is 2. The Hall–Kier alpha value is -3.11. The van der Waals surface area contributed by atoms with Crippen LogP contribution in [0.15, 0.2) is 36.4 Å². The molecule has 1 saturated carbocycles. The summed E-state index contributed by atoms with van der Waals surface area (Å²) in [5.41, 5.74) is 3.93. The lowest BCUT2D eigenvalue weighted by atomic mass is 9.93. The van der Waals surface area contributed by atoms with Gasteiger partial charge in [-0.3, -0.25) is 14.3 Å². The second kappa shape index (κ2) is 10.1. The van der Waals surface area contributed by atoms with E-state index in [1.165, 1.54) is 12.8 Å². The average Bonchev–Trinajstić information content (AvgIpc) is 3.49. The molecule has 10 heteroatoms. The van der Waals surface area contributed by atoms with E-state index in [0.29, 0.717) is 34.6 Å². The number of aliphatic hydroxyl groups is 1. The van der Waals surface area contributed by atoms with Crippen molar-refractivity contribution in [3.8, 4) is 0 Å². The van der Waals surface area contributed by atoms with Crippen molar-refractivity contribution in [1.29, 1.82) is 0 Å². The van der Waals surface area contributed by atoms with Crippen molar-refractivity contribution in [1.82, 2.24) is 0 Å². The first-order valence-electron chi connectivity index (χ1n) is 13.7. The number of piperidine rings is 1. The molecular formula is C29H38N4O5S. The molecule has 2 aromatic carbocycles. The maximum atomic E-state index is 13.6. The van der Waals surface area contributed by atoms with Gasteiger partial charge in [0.25, 0.3) is 5.91 Å². The predicted octanol–water partition coefficient (Wildman–Crippen LogP) is 3.99. The lowest BCUT2D eigenvalue weighted by Gasteiger charge is -2.35. The molecular weight excluding hydrogens is 516 g/mol. The Kier molecular flexibility index (Phi) is 7.13. The number of benzene rings is 2. The van der Waals surface area contributed by atoms with Crippen LogP contribution in [0, 0.1) is 10.8 Å². The van der Waals surface area contributed by atoms with E-state index in [0.717, 1.165) is 43.6 Å². The second-order valence-corrected chi connectivity index (χ2v) is 14.0. The minimum Gasteiger partial charge on any atom is -0.395 e. The lowest BCUT2D eigenvalue weighted by molar-refractivity contribution is -0.125. The first-order chi connectivity index (χ1) is 18.4. The maximum absolute atomic E-state index is 13.6. The van der Waals surface area contributed by atoms with E-state index >= 15 is 0 Å². The van der Waals surface area contributed by atoms with E-state index in [1.54, 1.807) is 23.1 Å². The quantitative estimate of drug-likeness (QED) is 0.476. The molecule has 5 rings (SSSR count). The molecule has 0 radical (unpaired) electrons. The van der Waals surface area contributed by atoms with Gasteiger partial charge in [-0.05, 0) is 73.4 Å². The van der Waals surface area contributed by atoms with Gasteiger partial charge in [-0.25, -0.2) is 8.42 Å². The first kappa shape index (κ1) is 27.5. The molecule has 2 aromatic rings. The monoisotopic (exact) mass is 554 g/mol. The smallest absolute Gasteiger partial charge is 0.257 e. The number of aliphatic hydroxyl groups excluding tert-OH is 1. The Morgan fingerprint density at radius 2 is 1.62 bits per heavy atom. The van der Waals surface area contributed by atoms with E-state index in [1.807, 2.05) is 39.0 Å². The predicted molar refractivity (Wildman–Crippen MR) is 154 cm³/mol. The highest BCUT2D eigenvalue weighted by Crippen LogP contribution is 2.54. The van der Waals surface area contributed by atoms with Gasteiger partial charge in [0.05, 0.1) is 29.3 Å². The van der Waals surface area contributed by atoms with Gasteiger partial charge in [-0.1, -0.05) is 26.8 Å². The van der Waals surface area contributed by atoms with Crippen LogP contribution in [-0.4, -0.2) is 57.3 Å². The fraction of sp³-hybridized carbons (Fsp3) is 0.517. The third-order valence-corrected chi connectivity index (χ3v) is 9.39. The SMILES string of the molecule is CC(C)(C)C(=O)N1CCc2ccc(NC(=O)c3ccc(NS(=O)(=O)CCO)cc3N3CCC4(CC3)CC4)cc21. The highest BCUT2D eigenvalue weighted by atomic mass is 32.2. The Morgan fingerprint density at radius 3 is 2.26 bits per heavy atom. The Morgan fingerprint density at radius 1 is 0.949 bits per heavy atom. The zero-order chi connectivity index (χ0) is 28.0. The zero-order valence-corrected chi connectivity index (χ0v) is 23.7. The molecule has 39 heavy (non-hydrogen) atoms. The number of anilines is 4. The number of nitrogens with zero attached hydrogens (tertiary/aromatic N) is 2. The van der Waals surface area contributed by atoms with Crippen molar-refractivity contribution < 1.29 is 23.1 Å². The number of hydrogen-bond acceptors (Lipinski definition) is 6. The average molecular weight is 555 g/mol. The molecule has 9 nitrogen and oxygen atoms in total. The summed E-state index contributed by atoms with van der Waals surface area (Å²) < 4.78 is 27.1. The molecule has 2 fully saturated rings. The summed E-state index contributed by atoms with van der Waals surface area (Å²) in [5, 5.41) is 12.1. The number of sulfonamides is 1. The summed E-state index contributed by atoms with van der Waals surface area (Å²) in [5.74, 6) is -0.651. The summed E-state index contributed by atoms with van der Waals surface area (Å²) in [7, 11) is -3.70. The van der Waals surface area contributed by atoms with E-state index < -0.39 is 27.8 Å². The third kappa shape index (κ3) is 5.91. The van der Waals surface area contributed by atoms with Gasteiger partial charge in [0, 0.05) is 36.4 Å². The molecule has 0 aromatic heterocycles.